The van der Waals surface area contributed by atoms with Gasteiger partial charge in [-0.15, -0.1) is 0 Å². The lowest BCUT2D eigenvalue weighted by Crippen LogP contribution is -2.44. The molecule has 1 atom stereocenters. The fourth-order valence-electron chi connectivity index (χ4n) is 5.22. The third-order valence-electron chi connectivity index (χ3n) is 7.04. The molecule has 5 rings (SSSR count). The van der Waals surface area contributed by atoms with Crippen LogP contribution in [-0.4, -0.2) is 35.0 Å². The Balaban J connectivity index is 1.26. The molecule has 178 valence electrons. The summed E-state index contributed by atoms with van der Waals surface area (Å²) in [5.74, 6) is 0.346. The number of nitrogens with one attached hydrogen (secondary N) is 1. The number of benzene rings is 3. The van der Waals surface area contributed by atoms with Crippen molar-refractivity contribution in [1.29, 1.82) is 0 Å². The zero-order chi connectivity index (χ0) is 24.0. The molecule has 1 aliphatic heterocycles. The van der Waals surface area contributed by atoms with Gasteiger partial charge in [0.2, 0.25) is 5.91 Å². The lowest BCUT2D eigenvalue weighted by atomic mass is 9.88. The Morgan fingerprint density at radius 3 is 2.17 bits per heavy atom. The Morgan fingerprint density at radius 1 is 0.857 bits per heavy atom. The topological polar surface area (TPSA) is 37.3 Å². The molecule has 0 fully saturated rings. The van der Waals surface area contributed by atoms with Crippen molar-refractivity contribution in [3.63, 3.8) is 0 Å². The van der Waals surface area contributed by atoms with Gasteiger partial charge in [0.05, 0.1) is 12.6 Å². The fraction of sp³-hybridized carbons (Fsp3) is 0.258. The molecule has 1 N–H and O–H groups in total. The van der Waals surface area contributed by atoms with Gasteiger partial charge in [-0.3, -0.25) is 9.69 Å². The van der Waals surface area contributed by atoms with Crippen molar-refractivity contribution in [2.45, 2.75) is 31.8 Å². The molecule has 35 heavy (non-hydrogen) atoms. The average molecular weight is 464 g/mol. The molecule has 0 saturated carbocycles. The monoisotopic (exact) mass is 463 g/mol. The van der Waals surface area contributed by atoms with Gasteiger partial charge in [-0.25, -0.2) is 0 Å². The Hall–Kier alpha value is -3.63. The van der Waals surface area contributed by atoms with Crippen molar-refractivity contribution in [1.82, 2.24) is 14.8 Å². The van der Waals surface area contributed by atoms with Gasteiger partial charge in [-0.2, -0.15) is 0 Å². The first kappa shape index (κ1) is 23.1. The van der Waals surface area contributed by atoms with E-state index in [4.69, 9.17) is 0 Å². The van der Waals surface area contributed by atoms with Crippen LogP contribution < -0.4 is 5.32 Å². The Morgan fingerprint density at radius 2 is 1.51 bits per heavy atom. The normalized spacial score (nSPS) is 15.7. The molecule has 1 amide bonds. The summed E-state index contributed by atoms with van der Waals surface area (Å²) in [5, 5.41) is 3.21. The number of hydrogen-bond acceptors (Lipinski definition) is 2. The van der Waals surface area contributed by atoms with Crippen molar-refractivity contribution in [2.24, 2.45) is 0 Å². The molecule has 0 aliphatic carbocycles. The Kier molecular flexibility index (Phi) is 7.10. The number of aromatic nitrogens is 1. The number of carbonyl (C=O) groups is 1. The van der Waals surface area contributed by atoms with E-state index < -0.39 is 0 Å². The Bertz CT molecular complexity index is 1190. The first-order valence-electron chi connectivity index (χ1n) is 12.5. The lowest BCUT2D eigenvalue weighted by molar-refractivity contribution is -0.122. The summed E-state index contributed by atoms with van der Waals surface area (Å²) >= 11 is 0. The third-order valence-corrected chi connectivity index (χ3v) is 7.04. The van der Waals surface area contributed by atoms with Crippen LogP contribution in [0.3, 0.4) is 0 Å². The number of aryl methyl sites for hydroxylation is 1. The highest BCUT2D eigenvalue weighted by Gasteiger charge is 2.30. The van der Waals surface area contributed by atoms with E-state index >= 15 is 0 Å². The van der Waals surface area contributed by atoms with E-state index in [1.165, 1.54) is 27.9 Å². The predicted octanol–water partition coefficient (Wildman–Crippen LogP) is 5.54. The highest BCUT2D eigenvalue weighted by Crippen LogP contribution is 2.32. The van der Waals surface area contributed by atoms with Crippen molar-refractivity contribution in [3.05, 3.63) is 131 Å². The first-order chi connectivity index (χ1) is 17.2. The van der Waals surface area contributed by atoms with E-state index in [1.807, 2.05) is 12.1 Å². The second kappa shape index (κ2) is 10.7. The van der Waals surface area contributed by atoms with Crippen LogP contribution in [0.15, 0.2) is 103 Å². The van der Waals surface area contributed by atoms with E-state index in [0.717, 1.165) is 19.5 Å². The second-order valence-electron chi connectivity index (χ2n) is 9.42. The minimum absolute atomic E-state index is 0.0852. The van der Waals surface area contributed by atoms with Gasteiger partial charge in [0.15, 0.2) is 0 Å². The molecule has 4 heteroatoms. The molecule has 0 radical (unpaired) electrons. The molecular weight excluding hydrogens is 430 g/mol. The van der Waals surface area contributed by atoms with Crippen LogP contribution in [0.1, 0.15) is 46.3 Å². The zero-order valence-corrected chi connectivity index (χ0v) is 20.3. The lowest BCUT2D eigenvalue weighted by Gasteiger charge is -2.37. The highest BCUT2D eigenvalue weighted by molar-refractivity contribution is 5.78. The van der Waals surface area contributed by atoms with Crippen LogP contribution in [0.4, 0.5) is 0 Å². The summed E-state index contributed by atoms with van der Waals surface area (Å²) in [6, 6.07) is 34.2. The van der Waals surface area contributed by atoms with Gasteiger partial charge in [-0.1, -0.05) is 90.5 Å². The van der Waals surface area contributed by atoms with Gasteiger partial charge in [0.1, 0.15) is 0 Å². The molecule has 4 nitrogen and oxygen atoms in total. The van der Waals surface area contributed by atoms with E-state index in [-0.39, 0.29) is 17.9 Å². The van der Waals surface area contributed by atoms with E-state index in [1.54, 1.807) is 0 Å². The smallest absolute Gasteiger partial charge is 0.234 e. The summed E-state index contributed by atoms with van der Waals surface area (Å²) in [4.78, 5) is 15.4. The predicted molar refractivity (Wildman–Crippen MR) is 141 cm³/mol. The summed E-state index contributed by atoms with van der Waals surface area (Å²) in [5.41, 5.74) is 6.29. The number of nitrogens with zero attached hydrogens (tertiary/aromatic N) is 2. The number of hydrogen-bond donors (Lipinski definition) is 1. The zero-order valence-electron chi connectivity index (χ0n) is 20.3. The van der Waals surface area contributed by atoms with Gasteiger partial charge in [0, 0.05) is 37.4 Å². The van der Waals surface area contributed by atoms with Crippen molar-refractivity contribution < 1.29 is 4.79 Å². The maximum atomic E-state index is 13.1. The molecule has 1 aromatic heterocycles. The maximum absolute atomic E-state index is 13.1. The van der Waals surface area contributed by atoms with Crippen molar-refractivity contribution in [3.8, 4) is 0 Å². The van der Waals surface area contributed by atoms with Crippen LogP contribution in [0.2, 0.25) is 0 Å². The quantitative estimate of drug-likeness (QED) is 0.373. The second-order valence-corrected chi connectivity index (χ2v) is 9.42. The highest BCUT2D eigenvalue weighted by atomic mass is 16.2. The largest absolute Gasteiger partial charge is 0.355 e. The summed E-state index contributed by atoms with van der Waals surface area (Å²) in [6.07, 6.45) is 3.01. The summed E-state index contributed by atoms with van der Waals surface area (Å²) in [6.45, 7) is 4.90. The van der Waals surface area contributed by atoms with Gasteiger partial charge < -0.3 is 9.88 Å². The Labute approximate surface area is 208 Å². The van der Waals surface area contributed by atoms with Crippen molar-refractivity contribution >= 4 is 5.91 Å². The van der Waals surface area contributed by atoms with E-state index in [2.05, 4.69) is 113 Å². The number of rotatable bonds is 8. The molecule has 1 unspecified atom stereocenters. The average Bonchev–Trinajstić information content (AvgIpc) is 3.37. The SMILES string of the molecule is Cc1ccc(C2c3cccn3CCN2CC(=O)NCCC(c2ccccc2)c2ccccc2)cc1. The van der Waals surface area contributed by atoms with Crippen LogP contribution in [0.25, 0.3) is 0 Å². The molecule has 0 bridgehead atoms. The summed E-state index contributed by atoms with van der Waals surface area (Å²) in [7, 11) is 0. The van der Waals surface area contributed by atoms with Crippen LogP contribution in [0, 0.1) is 6.92 Å². The molecular formula is C31H33N3O. The minimum Gasteiger partial charge on any atom is -0.355 e. The van der Waals surface area contributed by atoms with Crippen LogP contribution >= 0.6 is 0 Å². The fourth-order valence-corrected chi connectivity index (χ4v) is 5.22. The van der Waals surface area contributed by atoms with Gasteiger partial charge >= 0.3 is 0 Å². The minimum atomic E-state index is 0.0852. The summed E-state index contributed by atoms with van der Waals surface area (Å²) < 4.78 is 2.31. The molecule has 3 aromatic carbocycles. The van der Waals surface area contributed by atoms with E-state index in [9.17, 15) is 4.79 Å². The molecule has 2 heterocycles. The van der Waals surface area contributed by atoms with Gasteiger partial charge in [-0.05, 0) is 42.2 Å². The first-order valence-corrected chi connectivity index (χ1v) is 12.5. The van der Waals surface area contributed by atoms with Gasteiger partial charge in [0.25, 0.3) is 0 Å². The molecule has 1 aliphatic rings. The number of amides is 1. The number of carbonyl (C=O) groups excluding carboxylic acids is 1. The van der Waals surface area contributed by atoms with Crippen LogP contribution in [-0.2, 0) is 11.3 Å². The number of fused-ring (bicyclic) bond motifs is 1. The van der Waals surface area contributed by atoms with E-state index in [0.29, 0.717) is 13.1 Å². The molecule has 4 aromatic rings. The van der Waals surface area contributed by atoms with Crippen LogP contribution in [0.5, 0.6) is 0 Å². The molecule has 0 saturated heterocycles. The standard InChI is InChI=1S/C31H33N3O/c1-24-14-16-27(17-15-24)31-29-13-8-20-33(29)21-22-34(31)23-30(35)32-19-18-28(25-9-4-2-5-10-25)26-11-6-3-7-12-26/h2-17,20,28,31H,18-19,21-23H2,1H3,(H,32,35). The maximum Gasteiger partial charge on any atom is 0.234 e. The third kappa shape index (κ3) is 5.39. The van der Waals surface area contributed by atoms with Crippen molar-refractivity contribution in [2.75, 3.05) is 19.6 Å². The molecule has 0 spiro atoms.